The first kappa shape index (κ1) is 28.3. The molecule has 0 spiro atoms. The Morgan fingerprint density at radius 1 is 0.818 bits per heavy atom. The molecule has 1 unspecified atom stereocenters. The summed E-state index contributed by atoms with van der Waals surface area (Å²) in [6.45, 7) is 1.07. The molecule has 0 radical (unpaired) electrons. The van der Waals surface area contributed by atoms with Crippen molar-refractivity contribution in [3.05, 3.63) is 35.4 Å². The zero-order valence-electron chi connectivity index (χ0n) is 15.8. The highest BCUT2D eigenvalue weighted by Gasteiger charge is 2.90. The summed E-state index contributed by atoms with van der Waals surface area (Å²) in [4.78, 5) is 11.6. The van der Waals surface area contributed by atoms with Crippen LogP contribution < -0.4 is 0 Å². The predicted molar refractivity (Wildman–Crippen MR) is 81.2 cm³/mol. The maximum atomic E-state index is 14.1. The van der Waals surface area contributed by atoms with Gasteiger partial charge in [-0.15, -0.1) is 0 Å². The molecule has 0 aliphatic rings. The summed E-state index contributed by atoms with van der Waals surface area (Å²) in [6, 6.07) is 1.75. The van der Waals surface area contributed by atoms with Crippen LogP contribution in [0, 0.1) is 11.3 Å². The third kappa shape index (κ3) is 4.29. The van der Waals surface area contributed by atoms with E-state index in [1.54, 1.807) is 0 Å². The summed E-state index contributed by atoms with van der Waals surface area (Å²) in [5.41, 5.74) is -2.72. The lowest BCUT2D eigenvalue weighted by Crippen LogP contribution is -2.69. The number of halogens is 13. The van der Waals surface area contributed by atoms with Crippen LogP contribution >= 0.6 is 0 Å². The van der Waals surface area contributed by atoms with Crippen molar-refractivity contribution in [2.24, 2.45) is 0 Å². The third-order valence-corrected chi connectivity index (χ3v) is 4.19. The minimum atomic E-state index is -8.00. The Morgan fingerprint density at radius 3 is 1.61 bits per heavy atom. The van der Waals surface area contributed by atoms with Crippen molar-refractivity contribution in [2.45, 2.75) is 48.6 Å². The molecule has 0 aliphatic carbocycles. The molecule has 0 fully saturated rings. The van der Waals surface area contributed by atoms with Gasteiger partial charge in [0, 0.05) is 5.56 Å². The molecule has 0 saturated carbocycles. The van der Waals surface area contributed by atoms with Crippen molar-refractivity contribution in [1.82, 2.24) is 0 Å². The Hall–Kier alpha value is -2.73. The average Bonchev–Trinajstić information content (AvgIpc) is 2.67. The first-order valence-electron chi connectivity index (χ1n) is 8.27. The van der Waals surface area contributed by atoms with Crippen LogP contribution in [0.4, 0.5) is 57.1 Å². The van der Waals surface area contributed by atoms with Crippen molar-refractivity contribution in [2.75, 3.05) is 6.61 Å². The molecule has 0 N–H and O–H groups in total. The molecule has 1 atom stereocenters. The van der Waals surface area contributed by atoms with E-state index in [4.69, 9.17) is 5.26 Å². The molecular formula is C17H10F13NO2. The zero-order chi connectivity index (χ0) is 26.3. The number of carbonyl (C=O) groups is 1. The number of hydrogen-bond donors (Lipinski definition) is 0. The highest BCUT2D eigenvalue weighted by molar-refractivity contribution is 5.81. The molecule has 0 aromatic heterocycles. The molecule has 3 nitrogen and oxygen atoms in total. The second-order valence-corrected chi connectivity index (χ2v) is 6.31. The number of alkyl halides is 13. The number of benzene rings is 1. The van der Waals surface area contributed by atoms with Gasteiger partial charge in [0.1, 0.15) is 0 Å². The van der Waals surface area contributed by atoms with E-state index in [9.17, 15) is 61.9 Å². The summed E-state index contributed by atoms with van der Waals surface area (Å²) in [5.74, 6) is -40.7. The molecule has 0 amide bonds. The molecule has 186 valence electrons. The van der Waals surface area contributed by atoms with Gasteiger partial charge in [-0.1, -0.05) is 24.3 Å². The molecule has 1 rings (SSSR count). The standard InChI is InChI=1S/C17H10F13NO2/c1-2-33-11(32)10(7-31)8-3-5-9(6-4-8)12(18,19)13(20,21)14(22,23)15(24,25)16(26,27)17(28,29)30/h3-6,10H,2H2,1H3. The zero-order valence-corrected chi connectivity index (χ0v) is 15.8. The first-order valence-corrected chi connectivity index (χ1v) is 8.27. The van der Waals surface area contributed by atoms with Gasteiger partial charge in [0.05, 0.1) is 12.7 Å². The summed E-state index contributed by atoms with van der Waals surface area (Å²) < 4.78 is 176. The summed E-state index contributed by atoms with van der Waals surface area (Å²) in [6.07, 6.45) is -7.49. The molecule has 16 heteroatoms. The number of nitrogens with zero attached hydrogens (tertiary/aromatic N) is 1. The van der Waals surface area contributed by atoms with Crippen LogP contribution in [0.2, 0.25) is 0 Å². The van der Waals surface area contributed by atoms with Crippen LogP contribution in [0.15, 0.2) is 24.3 Å². The molecule has 0 bridgehead atoms. The molecular weight excluding hydrogens is 497 g/mol. The Morgan fingerprint density at radius 2 is 1.24 bits per heavy atom. The minimum absolute atomic E-state index is 0.136. The smallest absolute Gasteiger partial charge is 0.460 e. The molecule has 1 aromatic rings. The SMILES string of the molecule is CCOC(=O)C(C#N)c1ccc(C(F)(F)C(F)(F)C(F)(F)C(F)(F)C(F)(F)C(F)(F)F)cc1. The van der Waals surface area contributed by atoms with Crippen molar-refractivity contribution >= 4 is 5.97 Å². The van der Waals surface area contributed by atoms with E-state index in [-0.39, 0.29) is 18.7 Å². The van der Waals surface area contributed by atoms with E-state index < -0.39 is 58.8 Å². The maximum absolute atomic E-state index is 14.1. The van der Waals surface area contributed by atoms with Crippen LogP contribution in [-0.4, -0.2) is 42.4 Å². The Labute approximate surface area is 175 Å². The number of hydrogen-bond acceptors (Lipinski definition) is 3. The fourth-order valence-electron chi connectivity index (χ4n) is 2.32. The van der Waals surface area contributed by atoms with Crippen LogP contribution in [0.3, 0.4) is 0 Å². The number of esters is 1. The largest absolute Gasteiger partial charge is 0.465 e. The third-order valence-electron chi connectivity index (χ3n) is 4.19. The normalized spacial score (nSPS) is 15.1. The second-order valence-electron chi connectivity index (χ2n) is 6.31. The van der Waals surface area contributed by atoms with E-state index in [1.165, 1.54) is 13.0 Å². The van der Waals surface area contributed by atoms with Gasteiger partial charge in [-0.25, -0.2) is 0 Å². The van der Waals surface area contributed by atoms with Crippen molar-refractivity contribution in [3.8, 4) is 6.07 Å². The average molecular weight is 507 g/mol. The second kappa shape index (κ2) is 8.56. The number of carbonyl (C=O) groups excluding carboxylic acids is 1. The molecule has 0 heterocycles. The van der Waals surface area contributed by atoms with Gasteiger partial charge in [-0.05, 0) is 12.5 Å². The van der Waals surface area contributed by atoms with E-state index in [0.717, 1.165) is 0 Å². The quantitative estimate of drug-likeness (QED) is 0.318. The Balaban J connectivity index is 3.49. The van der Waals surface area contributed by atoms with Crippen LogP contribution in [0.5, 0.6) is 0 Å². The van der Waals surface area contributed by atoms with E-state index in [0.29, 0.717) is 12.1 Å². The lowest BCUT2D eigenvalue weighted by molar-refractivity contribution is -0.441. The van der Waals surface area contributed by atoms with Gasteiger partial charge in [-0.3, -0.25) is 4.79 Å². The Kier molecular flexibility index (Phi) is 7.34. The maximum Gasteiger partial charge on any atom is 0.460 e. The van der Waals surface area contributed by atoms with E-state index >= 15 is 0 Å². The lowest BCUT2D eigenvalue weighted by Gasteiger charge is -2.39. The van der Waals surface area contributed by atoms with E-state index in [1.807, 2.05) is 0 Å². The number of ether oxygens (including phenoxy) is 1. The summed E-state index contributed by atoms with van der Waals surface area (Å²) in [5, 5.41) is 8.91. The van der Waals surface area contributed by atoms with Gasteiger partial charge >= 0.3 is 41.8 Å². The summed E-state index contributed by atoms with van der Waals surface area (Å²) >= 11 is 0. The van der Waals surface area contributed by atoms with Gasteiger partial charge in [0.2, 0.25) is 0 Å². The van der Waals surface area contributed by atoms with Crippen molar-refractivity contribution in [3.63, 3.8) is 0 Å². The fourth-order valence-corrected chi connectivity index (χ4v) is 2.32. The monoisotopic (exact) mass is 507 g/mol. The van der Waals surface area contributed by atoms with Gasteiger partial charge in [0.15, 0.2) is 5.92 Å². The Bertz CT molecular complexity index is 901. The van der Waals surface area contributed by atoms with Gasteiger partial charge < -0.3 is 4.74 Å². The van der Waals surface area contributed by atoms with Gasteiger partial charge in [0.25, 0.3) is 0 Å². The molecule has 0 saturated heterocycles. The number of rotatable bonds is 8. The van der Waals surface area contributed by atoms with Gasteiger partial charge in [-0.2, -0.15) is 62.3 Å². The predicted octanol–water partition coefficient (Wildman–Crippen LogP) is 6.05. The highest BCUT2D eigenvalue weighted by atomic mass is 19.4. The van der Waals surface area contributed by atoms with Crippen LogP contribution in [0.25, 0.3) is 0 Å². The molecule has 33 heavy (non-hydrogen) atoms. The van der Waals surface area contributed by atoms with Crippen molar-refractivity contribution < 1.29 is 66.6 Å². The lowest BCUT2D eigenvalue weighted by atomic mass is 9.89. The molecule has 1 aromatic carbocycles. The van der Waals surface area contributed by atoms with E-state index in [2.05, 4.69) is 4.74 Å². The fraction of sp³-hybridized carbons (Fsp3) is 0.529. The molecule has 0 aliphatic heterocycles. The highest BCUT2D eigenvalue weighted by Crippen LogP contribution is 2.62. The summed E-state index contributed by atoms with van der Waals surface area (Å²) in [7, 11) is 0. The number of nitriles is 1. The van der Waals surface area contributed by atoms with Crippen LogP contribution in [0.1, 0.15) is 24.0 Å². The van der Waals surface area contributed by atoms with Crippen molar-refractivity contribution in [1.29, 1.82) is 5.26 Å². The topological polar surface area (TPSA) is 50.1 Å². The minimum Gasteiger partial charge on any atom is -0.465 e. The first-order chi connectivity index (χ1) is 14.6. The van der Waals surface area contributed by atoms with Crippen LogP contribution in [-0.2, 0) is 15.5 Å².